The first-order valence-corrected chi connectivity index (χ1v) is 9.45. The number of morpholine rings is 1. The van der Waals surface area contributed by atoms with Crippen molar-refractivity contribution in [3.8, 4) is 0 Å². The molecule has 0 spiro atoms. The van der Waals surface area contributed by atoms with Crippen LogP contribution in [0.5, 0.6) is 0 Å². The molecule has 1 aromatic rings. The maximum absolute atomic E-state index is 12.6. The number of amides is 2. The van der Waals surface area contributed by atoms with Crippen LogP contribution >= 0.6 is 11.6 Å². The van der Waals surface area contributed by atoms with Gasteiger partial charge in [0.25, 0.3) is 5.91 Å². The number of anilines is 1. The summed E-state index contributed by atoms with van der Waals surface area (Å²) in [4.78, 5) is 26.1. The maximum atomic E-state index is 12.6. The summed E-state index contributed by atoms with van der Waals surface area (Å²) in [5.74, 6) is 0.129. The SMILES string of the molecule is CC(=O)Nc1ccc(C(=O)N[C@H]2C[C@H]3CO[C@H](C(C)C)CN3C2)c(Cl)c1. The number of halogens is 1. The quantitative estimate of drug-likeness (QED) is 0.843. The summed E-state index contributed by atoms with van der Waals surface area (Å²) in [5, 5.41) is 6.07. The van der Waals surface area contributed by atoms with Gasteiger partial charge in [-0.2, -0.15) is 0 Å². The lowest BCUT2D eigenvalue weighted by atomic mass is 10.0. The number of rotatable bonds is 4. The first-order chi connectivity index (χ1) is 12.3. The van der Waals surface area contributed by atoms with Crippen molar-refractivity contribution in [1.82, 2.24) is 10.2 Å². The van der Waals surface area contributed by atoms with Crippen molar-refractivity contribution in [1.29, 1.82) is 0 Å². The molecule has 6 nitrogen and oxygen atoms in total. The molecule has 2 amide bonds. The summed E-state index contributed by atoms with van der Waals surface area (Å²) < 4.78 is 5.95. The standard InChI is InChI=1S/C19H26ClN3O3/c1-11(2)18-9-23-8-14(6-15(23)10-26-18)22-19(25)16-5-4-13(7-17(16)20)21-12(3)24/h4-5,7,11,14-15,18H,6,8-10H2,1-3H3,(H,21,24)(H,22,25)/t14-,15-,18-/m0/s1. The fourth-order valence-electron chi connectivity index (χ4n) is 3.65. The number of benzene rings is 1. The van der Waals surface area contributed by atoms with E-state index in [4.69, 9.17) is 16.3 Å². The molecule has 3 rings (SSSR count). The van der Waals surface area contributed by atoms with Crippen molar-refractivity contribution in [2.24, 2.45) is 5.92 Å². The van der Waals surface area contributed by atoms with Crippen LogP contribution in [0, 0.1) is 5.92 Å². The second-order valence-electron chi connectivity index (χ2n) is 7.51. The second-order valence-corrected chi connectivity index (χ2v) is 7.91. The Morgan fingerprint density at radius 2 is 2.08 bits per heavy atom. The number of nitrogens with zero attached hydrogens (tertiary/aromatic N) is 1. The molecule has 7 heteroatoms. The van der Waals surface area contributed by atoms with E-state index in [1.165, 1.54) is 6.92 Å². The second kappa shape index (κ2) is 7.94. The highest BCUT2D eigenvalue weighted by molar-refractivity contribution is 6.34. The van der Waals surface area contributed by atoms with Gasteiger partial charge in [0.05, 0.1) is 23.3 Å². The lowest BCUT2D eigenvalue weighted by molar-refractivity contribution is -0.114. The molecule has 0 aromatic heterocycles. The Labute approximate surface area is 159 Å². The highest BCUT2D eigenvalue weighted by atomic mass is 35.5. The predicted molar refractivity (Wildman–Crippen MR) is 102 cm³/mol. The van der Waals surface area contributed by atoms with Crippen LogP contribution in [0.4, 0.5) is 5.69 Å². The molecule has 0 aliphatic carbocycles. The van der Waals surface area contributed by atoms with Crippen molar-refractivity contribution in [2.75, 3.05) is 25.0 Å². The molecule has 2 saturated heterocycles. The smallest absolute Gasteiger partial charge is 0.253 e. The Hall–Kier alpha value is -1.63. The van der Waals surface area contributed by atoms with Gasteiger partial charge in [0, 0.05) is 37.8 Å². The topological polar surface area (TPSA) is 70.7 Å². The maximum Gasteiger partial charge on any atom is 0.253 e. The largest absolute Gasteiger partial charge is 0.375 e. The Morgan fingerprint density at radius 3 is 2.73 bits per heavy atom. The molecule has 0 saturated carbocycles. The van der Waals surface area contributed by atoms with Gasteiger partial charge in [0.15, 0.2) is 0 Å². The van der Waals surface area contributed by atoms with E-state index in [0.717, 1.165) is 26.1 Å². The third kappa shape index (κ3) is 4.37. The van der Waals surface area contributed by atoms with E-state index in [-0.39, 0.29) is 24.0 Å². The zero-order valence-corrected chi connectivity index (χ0v) is 16.2. The number of carbonyl (C=O) groups is 2. The van der Waals surface area contributed by atoms with Crippen LogP contribution in [0.3, 0.4) is 0 Å². The van der Waals surface area contributed by atoms with Gasteiger partial charge in [-0.25, -0.2) is 0 Å². The lowest BCUT2D eigenvalue weighted by Crippen LogP contribution is -2.48. The van der Waals surface area contributed by atoms with E-state index in [9.17, 15) is 9.59 Å². The molecule has 0 unspecified atom stereocenters. The van der Waals surface area contributed by atoms with Crippen molar-refractivity contribution in [2.45, 2.75) is 45.4 Å². The highest BCUT2D eigenvalue weighted by Gasteiger charge is 2.38. The van der Waals surface area contributed by atoms with Crippen LogP contribution in [0.25, 0.3) is 0 Å². The third-order valence-electron chi connectivity index (χ3n) is 5.06. The Bertz CT molecular complexity index is 695. The molecule has 26 heavy (non-hydrogen) atoms. The molecule has 3 atom stereocenters. The summed E-state index contributed by atoms with van der Waals surface area (Å²) in [5.41, 5.74) is 0.996. The zero-order valence-electron chi connectivity index (χ0n) is 15.4. The summed E-state index contributed by atoms with van der Waals surface area (Å²) >= 11 is 6.23. The predicted octanol–water partition coefficient (Wildman–Crippen LogP) is 2.53. The highest BCUT2D eigenvalue weighted by Crippen LogP contribution is 2.27. The zero-order chi connectivity index (χ0) is 18.8. The Kier molecular flexibility index (Phi) is 5.85. The first-order valence-electron chi connectivity index (χ1n) is 9.07. The van der Waals surface area contributed by atoms with Gasteiger partial charge >= 0.3 is 0 Å². The number of ether oxygens (including phenoxy) is 1. The minimum absolute atomic E-state index is 0.0908. The van der Waals surface area contributed by atoms with Crippen LogP contribution in [-0.4, -0.2) is 54.6 Å². The number of hydrogen-bond acceptors (Lipinski definition) is 4. The first kappa shape index (κ1) is 19.1. The minimum Gasteiger partial charge on any atom is -0.375 e. The fraction of sp³-hybridized carbons (Fsp3) is 0.579. The lowest BCUT2D eigenvalue weighted by Gasteiger charge is -2.36. The summed E-state index contributed by atoms with van der Waals surface area (Å²) in [6.07, 6.45) is 1.15. The molecular weight excluding hydrogens is 354 g/mol. The van der Waals surface area contributed by atoms with Crippen molar-refractivity contribution < 1.29 is 14.3 Å². The van der Waals surface area contributed by atoms with Crippen molar-refractivity contribution in [3.63, 3.8) is 0 Å². The normalized spacial score (nSPS) is 25.8. The Balaban J connectivity index is 1.60. The van der Waals surface area contributed by atoms with Gasteiger partial charge in [-0.15, -0.1) is 0 Å². The van der Waals surface area contributed by atoms with E-state index >= 15 is 0 Å². The molecule has 142 valence electrons. The molecule has 0 bridgehead atoms. The van der Waals surface area contributed by atoms with E-state index < -0.39 is 0 Å². The monoisotopic (exact) mass is 379 g/mol. The summed E-state index contributed by atoms with van der Waals surface area (Å²) in [7, 11) is 0. The average Bonchev–Trinajstić information content (AvgIpc) is 2.95. The number of fused-ring (bicyclic) bond motifs is 1. The van der Waals surface area contributed by atoms with Gasteiger partial charge in [-0.1, -0.05) is 25.4 Å². The molecule has 2 fully saturated rings. The molecule has 0 radical (unpaired) electrons. The van der Waals surface area contributed by atoms with Crippen LogP contribution in [0.15, 0.2) is 18.2 Å². The number of hydrogen-bond donors (Lipinski definition) is 2. The summed E-state index contributed by atoms with van der Waals surface area (Å²) in [6.45, 7) is 8.25. The molecular formula is C19H26ClN3O3. The van der Waals surface area contributed by atoms with Gasteiger partial charge < -0.3 is 15.4 Å². The van der Waals surface area contributed by atoms with Gasteiger partial charge in [-0.3, -0.25) is 14.5 Å². The van der Waals surface area contributed by atoms with E-state index in [1.54, 1.807) is 18.2 Å². The molecule has 1 aromatic carbocycles. The Morgan fingerprint density at radius 1 is 1.31 bits per heavy atom. The van der Waals surface area contributed by atoms with E-state index in [1.807, 2.05) is 0 Å². The van der Waals surface area contributed by atoms with Crippen molar-refractivity contribution in [3.05, 3.63) is 28.8 Å². The fourth-order valence-corrected chi connectivity index (χ4v) is 3.92. The van der Waals surface area contributed by atoms with Crippen LogP contribution in [-0.2, 0) is 9.53 Å². The van der Waals surface area contributed by atoms with Gasteiger partial charge in [0.1, 0.15) is 0 Å². The number of nitrogens with one attached hydrogen (secondary N) is 2. The van der Waals surface area contributed by atoms with E-state index in [0.29, 0.717) is 28.2 Å². The molecule has 2 aliphatic rings. The molecule has 2 heterocycles. The van der Waals surface area contributed by atoms with Gasteiger partial charge in [-0.05, 0) is 30.5 Å². The molecule has 2 aliphatic heterocycles. The summed E-state index contributed by atoms with van der Waals surface area (Å²) in [6, 6.07) is 5.38. The minimum atomic E-state index is -0.185. The number of carbonyl (C=O) groups excluding carboxylic acids is 2. The third-order valence-corrected chi connectivity index (χ3v) is 5.37. The molecule has 2 N–H and O–H groups in total. The van der Waals surface area contributed by atoms with E-state index in [2.05, 4.69) is 29.4 Å². The van der Waals surface area contributed by atoms with Crippen LogP contribution in [0.2, 0.25) is 5.02 Å². The average molecular weight is 380 g/mol. The van der Waals surface area contributed by atoms with Gasteiger partial charge in [0.2, 0.25) is 5.91 Å². The van der Waals surface area contributed by atoms with Crippen LogP contribution in [0.1, 0.15) is 37.6 Å². The van der Waals surface area contributed by atoms with Crippen molar-refractivity contribution >= 4 is 29.1 Å². The van der Waals surface area contributed by atoms with Crippen LogP contribution < -0.4 is 10.6 Å².